The summed E-state index contributed by atoms with van der Waals surface area (Å²) in [6.45, 7) is 3.10. The van der Waals surface area contributed by atoms with Crippen LogP contribution < -0.4 is 9.47 Å². The molecule has 0 aromatic heterocycles. The van der Waals surface area contributed by atoms with Gasteiger partial charge in [-0.3, -0.25) is 14.5 Å². The summed E-state index contributed by atoms with van der Waals surface area (Å²) in [5, 5.41) is 22.4. The number of aliphatic hydroxyl groups excluding tert-OH is 1. The van der Waals surface area contributed by atoms with Crippen LogP contribution in [0.2, 0.25) is 0 Å². The van der Waals surface area contributed by atoms with E-state index in [0.717, 1.165) is 0 Å². The Morgan fingerprint density at radius 2 is 1.81 bits per heavy atom. The lowest BCUT2D eigenvalue weighted by atomic mass is 9.76. The Labute approximate surface area is 248 Å². The first-order chi connectivity index (χ1) is 20.8. The second-order valence-corrected chi connectivity index (χ2v) is 11.6. The molecule has 2 N–H and O–H groups in total. The summed E-state index contributed by atoms with van der Waals surface area (Å²) in [5.41, 5.74) is 0.790. The van der Waals surface area contributed by atoms with Gasteiger partial charge in [-0.25, -0.2) is 0 Å². The van der Waals surface area contributed by atoms with Crippen LogP contribution in [-0.2, 0) is 30.1 Å². The lowest BCUT2D eigenvalue weighted by Gasteiger charge is -2.42. The highest BCUT2D eigenvalue weighted by molar-refractivity contribution is 6.31. The van der Waals surface area contributed by atoms with E-state index in [1.54, 1.807) is 19.2 Å². The number of fused-ring (bicyclic) bond motifs is 6. The second-order valence-electron chi connectivity index (χ2n) is 11.6. The van der Waals surface area contributed by atoms with Crippen LogP contribution in [0.15, 0.2) is 18.2 Å². The molecule has 0 saturated carbocycles. The zero-order valence-corrected chi connectivity index (χ0v) is 24.4. The van der Waals surface area contributed by atoms with E-state index in [1.807, 2.05) is 6.92 Å². The third-order valence-corrected chi connectivity index (χ3v) is 9.30. The standard InChI is InChI=1S/C31H35NO11/c1-13-28-17(32-8-9-40-31(39-4)30(32)43-28)12-20(41-13)42-19-11-14(33)10-16-22(19)29(38-3)24-23(26(16)35)25(34)15-6-5-7-18(37-2)21(15)27(24)36/h5-7,13-14,17,19-20,28,30-31,33,35H,8-12H2,1-4H3/t13-,14-,17-,19-,20-,28+,30+,31-/m0/s1. The van der Waals surface area contributed by atoms with Gasteiger partial charge in [0.2, 0.25) is 5.78 Å². The largest absolute Gasteiger partial charge is 0.507 e. The number of aliphatic hydroxyl groups is 1. The number of ether oxygens (including phenoxy) is 7. The maximum atomic E-state index is 14.0. The molecule has 3 aliphatic heterocycles. The fourth-order valence-electron chi connectivity index (χ4n) is 7.47. The van der Waals surface area contributed by atoms with E-state index in [0.29, 0.717) is 30.7 Å². The third kappa shape index (κ3) is 4.31. The molecule has 2 aliphatic carbocycles. The molecule has 0 radical (unpaired) electrons. The van der Waals surface area contributed by atoms with Gasteiger partial charge >= 0.3 is 0 Å². The van der Waals surface area contributed by atoms with Crippen molar-refractivity contribution in [3.8, 4) is 17.2 Å². The SMILES string of the molecule is COc1cccc2c1C(=O)c1c(OC)c3c(c(O)c1C2=O)C[C@H](O)C[C@@H]3O[C@H]1C[C@H]2[C@H](O[C@@H]3[C@@H](OC)OCCN32)[C@H](C)O1. The van der Waals surface area contributed by atoms with E-state index < -0.39 is 36.4 Å². The van der Waals surface area contributed by atoms with Crippen molar-refractivity contribution in [2.45, 2.75) is 75.5 Å². The van der Waals surface area contributed by atoms with Crippen LogP contribution in [0.3, 0.4) is 0 Å². The molecule has 2 aromatic rings. The van der Waals surface area contributed by atoms with Gasteiger partial charge < -0.3 is 43.4 Å². The summed E-state index contributed by atoms with van der Waals surface area (Å²) in [4.78, 5) is 29.9. The van der Waals surface area contributed by atoms with Gasteiger partial charge in [0.1, 0.15) is 23.4 Å². The summed E-state index contributed by atoms with van der Waals surface area (Å²) in [6, 6.07) is 4.74. The first-order valence-corrected chi connectivity index (χ1v) is 14.5. The quantitative estimate of drug-likeness (QED) is 0.445. The lowest BCUT2D eigenvalue weighted by molar-refractivity contribution is -0.255. The number of phenolic OH excluding ortho intramolecular Hbond substituents is 1. The number of methoxy groups -OCH3 is 3. The third-order valence-electron chi connectivity index (χ3n) is 9.30. The van der Waals surface area contributed by atoms with Crippen molar-refractivity contribution in [1.29, 1.82) is 0 Å². The minimum atomic E-state index is -0.873. The van der Waals surface area contributed by atoms with E-state index in [4.69, 9.17) is 33.2 Å². The van der Waals surface area contributed by atoms with E-state index >= 15 is 0 Å². The number of hydrogen-bond donors (Lipinski definition) is 2. The van der Waals surface area contributed by atoms with Crippen LogP contribution in [0.25, 0.3) is 0 Å². The Kier molecular flexibility index (Phi) is 7.20. The van der Waals surface area contributed by atoms with Gasteiger partial charge in [-0.15, -0.1) is 0 Å². The Balaban J connectivity index is 1.26. The predicted molar refractivity (Wildman–Crippen MR) is 148 cm³/mol. The molecule has 3 heterocycles. The van der Waals surface area contributed by atoms with Crippen LogP contribution >= 0.6 is 0 Å². The van der Waals surface area contributed by atoms with Gasteiger partial charge in [0.05, 0.1) is 55.8 Å². The summed E-state index contributed by atoms with van der Waals surface area (Å²) >= 11 is 0. The van der Waals surface area contributed by atoms with Gasteiger partial charge in [-0.05, 0) is 13.0 Å². The van der Waals surface area contributed by atoms with Gasteiger partial charge in [0.15, 0.2) is 24.6 Å². The molecule has 3 fully saturated rings. The van der Waals surface area contributed by atoms with Crippen LogP contribution in [0, 0.1) is 0 Å². The summed E-state index contributed by atoms with van der Waals surface area (Å²) in [6.07, 6.45) is -3.04. The van der Waals surface area contributed by atoms with Gasteiger partial charge in [0.25, 0.3) is 0 Å². The van der Waals surface area contributed by atoms with E-state index in [2.05, 4.69) is 4.90 Å². The molecule has 0 spiro atoms. The normalized spacial score (nSPS) is 33.2. The molecule has 12 nitrogen and oxygen atoms in total. The molecular formula is C31H35NO11. The zero-order chi connectivity index (χ0) is 30.2. The van der Waals surface area contributed by atoms with Crippen LogP contribution in [-0.4, -0.2) is 104 Å². The highest BCUT2D eigenvalue weighted by Crippen LogP contribution is 2.51. The number of carbonyl (C=O) groups is 2. The summed E-state index contributed by atoms with van der Waals surface area (Å²) < 4.78 is 41.6. The second kappa shape index (κ2) is 10.8. The molecule has 43 heavy (non-hydrogen) atoms. The average molecular weight is 598 g/mol. The van der Waals surface area contributed by atoms with Crippen molar-refractivity contribution in [2.24, 2.45) is 0 Å². The van der Waals surface area contributed by atoms with Crippen molar-refractivity contribution in [2.75, 3.05) is 34.5 Å². The lowest BCUT2D eigenvalue weighted by Crippen LogP contribution is -2.55. The molecule has 12 heteroatoms. The monoisotopic (exact) mass is 597 g/mol. The molecule has 2 aromatic carbocycles. The maximum Gasteiger partial charge on any atom is 0.202 e. The molecule has 7 rings (SSSR count). The Morgan fingerprint density at radius 1 is 1.00 bits per heavy atom. The van der Waals surface area contributed by atoms with Crippen LogP contribution in [0.1, 0.15) is 68.8 Å². The Hall–Kier alpha value is -3.10. The number of aromatic hydroxyl groups is 1. The summed E-state index contributed by atoms with van der Waals surface area (Å²) in [7, 11) is 4.43. The number of hydrogen-bond acceptors (Lipinski definition) is 12. The average Bonchev–Trinajstić information content (AvgIpc) is 3.39. The number of morpholine rings is 1. The molecule has 5 aliphatic rings. The Bertz CT molecular complexity index is 1480. The molecule has 8 atom stereocenters. The van der Waals surface area contributed by atoms with Crippen LogP contribution in [0.4, 0.5) is 0 Å². The van der Waals surface area contributed by atoms with E-state index in [-0.39, 0.29) is 76.8 Å². The summed E-state index contributed by atoms with van der Waals surface area (Å²) in [5.74, 6) is -0.989. The fourth-order valence-corrected chi connectivity index (χ4v) is 7.47. The minimum absolute atomic E-state index is 0.0183. The number of benzene rings is 2. The minimum Gasteiger partial charge on any atom is -0.507 e. The molecule has 230 valence electrons. The van der Waals surface area contributed by atoms with Crippen molar-refractivity contribution < 1.29 is 53.0 Å². The number of nitrogens with zero attached hydrogens (tertiary/aromatic N) is 1. The van der Waals surface area contributed by atoms with Gasteiger partial charge in [-0.2, -0.15) is 0 Å². The van der Waals surface area contributed by atoms with Crippen LogP contribution in [0.5, 0.6) is 17.2 Å². The highest BCUT2D eigenvalue weighted by Gasteiger charge is 2.54. The van der Waals surface area contributed by atoms with Crippen molar-refractivity contribution in [1.82, 2.24) is 4.90 Å². The van der Waals surface area contributed by atoms with E-state index in [1.165, 1.54) is 20.3 Å². The van der Waals surface area contributed by atoms with Crippen molar-refractivity contribution in [3.05, 3.63) is 51.6 Å². The number of rotatable bonds is 5. The first kappa shape index (κ1) is 28.7. The zero-order valence-electron chi connectivity index (χ0n) is 24.4. The maximum absolute atomic E-state index is 14.0. The Morgan fingerprint density at radius 3 is 2.56 bits per heavy atom. The van der Waals surface area contributed by atoms with Crippen molar-refractivity contribution >= 4 is 11.6 Å². The number of carbonyl (C=O) groups excluding carboxylic acids is 2. The smallest absolute Gasteiger partial charge is 0.202 e. The fraction of sp³-hybridized carbons (Fsp3) is 0.548. The molecule has 3 saturated heterocycles. The van der Waals surface area contributed by atoms with Gasteiger partial charge in [-0.1, -0.05) is 12.1 Å². The molecule has 0 bridgehead atoms. The van der Waals surface area contributed by atoms with E-state index in [9.17, 15) is 19.8 Å². The number of phenols is 1. The predicted octanol–water partition coefficient (Wildman–Crippen LogP) is 2.08. The van der Waals surface area contributed by atoms with Crippen molar-refractivity contribution in [3.63, 3.8) is 0 Å². The number of ketones is 2. The first-order valence-electron chi connectivity index (χ1n) is 14.5. The molecule has 0 unspecified atom stereocenters. The molecular weight excluding hydrogens is 562 g/mol. The molecule has 0 amide bonds. The van der Waals surface area contributed by atoms with Gasteiger partial charge in [0, 0.05) is 55.6 Å². The topological polar surface area (TPSA) is 142 Å². The highest BCUT2D eigenvalue weighted by atomic mass is 16.7.